The van der Waals surface area contributed by atoms with Crippen molar-refractivity contribution in [1.29, 1.82) is 0 Å². The number of amides is 1. The van der Waals surface area contributed by atoms with Crippen LogP contribution >= 0.6 is 0 Å². The number of aryl methyl sites for hydroxylation is 4. The topological polar surface area (TPSA) is 68.5 Å². The van der Waals surface area contributed by atoms with Crippen LogP contribution in [0.1, 0.15) is 40.2 Å². The fourth-order valence-corrected chi connectivity index (χ4v) is 3.57. The first-order valence-electron chi connectivity index (χ1n) is 9.61. The first-order valence-corrected chi connectivity index (χ1v) is 9.61. The van der Waals surface area contributed by atoms with Crippen LogP contribution in [-0.2, 0) is 17.6 Å². The van der Waals surface area contributed by atoms with Crippen molar-refractivity contribution in [2.24, 2.45) is 0 Å². The number of benzene rings is 1. The fraction of sp³-hybridized carbons (Fsp3) is 0.409. The van der Waals surface area contributed by atoms with Gasteiger partial charge in [0.05, 0.1) is 12.8 Å². The van der Waals surface area contributed by atoms with Gasteiger partial charge in [0.1, 0.15) is 5.75 Å². The first-order chi connectivity index (χ1) is 13.4. The number of nitrogens with one attached hydrogen (secondary N) is 1. The van der Waals surface area contributed by atoms with Crippen molar-refractivity contribution in [3.05, 3.63) is 58.0 Å². The summed E-state index contributed by atoms with van der Waals surface area (Å²) < 4.78 is 7.15. The minimum absolute atomic E-state index is 0.0563. The third-order valence-corrected chi connectivity index (χ3v) is 5.08. The number of methoxy groups -OCH3 is 1. The maximum Gasteiger partial charge on any atom is 0.220 e. The number of hydrogen-bond acceptors (Lipinski definition) is 4. The number of hydrogen-bond donors (Lipinski definition) is 1. The van der Waals surface area contributed by atoms with Crippen LogP contribution < -0.4 is 10.1 Å². The summed E-state index contributed by atoms with van der Waals surface area (Å²) in [7, 11) is 1.67. The molecule has 0 atom stereocenters. The summed E-state index contributed by atoms with van der Waals surface area (Å²) in [6, 6.07) is 8.08. The molecule has 0 aliphatic heterocycles. The summed E-state index contributed by atoms with van der Waals surface area (Å²) in [6.45, 7) is 8.64. The van der Waals surface area contributed by atoms with Gasteiger partial charge in [-0.05, 0) is 63.3 Å². The van der Waals surface area contributed by atoms with E-state index in [1.165, 1.54) is 5.56 Å². The maximum atomic E-state index is 12.3. The third kappa shape index (κ3) is 4.32. The molecule has 0 spiro atoms. The minimum atomic E-state index is 0.0563. The zero-order valence-corrected chi connectivity index (χ0v) is 17.3. The predicted molar refractivity (Wildman–Crippen MR) is 110 cm³/mol. The molecule has 0 fully saturated rings. The Morgan fingerprint density at radius 1 is 1.14 bits per heavy atom. The van der Waals surface area contributed by atoms with E-state index in [0.29, 0.717) is 19.4 Å². The average molecular weight is 380 g/mol. The number of rotatable bonds is 7. The van der Waals surface area contributed by atoms with Crippen molar-refractivity contribution in [3.63, 3.8) is 0 Å². The largest absolute Gasteiger partial charge is 0.496 e. The van der Waals surface area contributed by atoms with E-state index in [2.05, 4.69) is 21.5 Å². The smallest absolute Gasteiger partial charge is 0.220 e. The highest BCUT2D eigenvalue weighted by Gasteiger charge is 2.12. The lowest BCUT2D eigenvalue weighted by Gasteiger charge is -2.11. The van der Waals surface area contributed by atoms with Gasteiger partial charge >= 0.3 is 0 Å². The first kappa shape index (κ1) is 19.9. The molecule has 1 N–H and O–H groups in total. The van der Waals surface area contributed by atoms with Gasteiger partial charge in [0.2, 0.25) is 5.91 Å². The molecule has 6 heteroatoms. The quantitative estimate of drug-likeness (QED) is 0.683. The molecule has 0 unspecified atom stereocenters. The van der Waals surface area contributed by atoms with Gasteiger partial charge in [-0.15, -0.1) is 0 Å². The van der Waals surface area contributed by atoms with E-state index in [0.717, 1.165) is 46.0 Å². The Morgan fingerprint density at radius 3 is 2.64 bits per heavy atom. The van der Waals surface area contributed by atoms with Crippen LogP contribution in [0.15, 0.2) is 24.3 Å². The number of aromatic nitrogens is 3. The number of carbonyl (C=O) groups is 1. The van der Waals surface area contributed by atoms with E-state index in [1.54, 1.807) is 7.11 Å². The summed E-state index contributed by atoms with van der Waals surface area (Å²) in [6.07, 6.45) is 1.90. The van der Waals surface area contributed by atoms with Crippen LogP contribution in [-0.4, -0.2) is 34.2 Å². The summed E-state index contributed by atoms with van der Waals surface area (Å²) in [5, 5.41) is 7.51. The molecule has 6 nitrogen and oxygen atoms in total. The van der Waals surface area contributed by atoms with Gasteiger partial charge in [0.15, 0.2) is 5.65 Å². The Kier molecular flexibility index (Phi) is 5.97. The van der Waals surface area contributed by atoms with Crippen molar-refractivity contribution in [3.8, 4) is 5.75 Å². The lowest BCUT2D eigenvalue weighted by atomic mass is 10.1. The molecule has 0 saturated heterocycles. The highest BCUT2D eigenvalue weighted by Crippen LogP contribution is 2.19. The number of fused-ring (bicyclic) bond motifs is 1. The lowest BCUT2D eigenvalue weighted by molar-refractivity contribution is -0.121. The molecule has 2 heterocycles. The summed E-state index contributed by atoms with van der Waals surface area (Å²) in [5.74, 6) is 0.942. The zero-order chi connectivity index (χ0) is 20.3. The highest BCUT2D eigenvalue weighted by atomic mass is 16.5. The molecular weight excluding hydrogens is 352 g/mol. The second-order valence-corrected chi connectivity index (χ2v) is 7.22. The Labute approximate surface area is 165 Å². The van der Waals surface area contributed by atoms with Crippen LogP contribution in [0.5, 0.6) is 5.75 Å². The molecule has 28 heavy (non-hydrogen) atoms. The second kappa shape index (κ2) is 8.42. The molecule has 2 aromatic heterocycles. The van der Waals surface area contributed by atoms with Crippen LogP contribution in [0, 0.1) is 27.7 Å². The summed E-state index contributed by atoms with van der Waals surface area (Å²) in [5.41, 5.74) is 7.21. The molecule has 1 amide bonds. The number of carbonyl (C=O) groups excluding carboxylic acids is 1. The summed E-state index contributed by atoms with van der Waals surface area (Å²) >= 11 is 0. The van der Waals surface area contributed by atoms with Crippen molar-refractivity contribution in [1.82, 2.24) is 19.9 Å². The van der Waals surface area contributed by atoms with Gasteiger partial charge in [-0.25, -0.2) is 9.50 Å². The predicted octanol–water partition coefficient (Wildman–Crippen LogP) is 3.26. The Balaban J connectivity index is 1.54. The van der Waals surface area contributed by atoms with Crippen LogP contribution in [0.2, 0.25) is 0 Å². The molecule has 3 rings (SSSR count). The average Bonchev–Trinajstić information content (AvgIpc) is 3.02. The molecule has 1 aromatic carbocycles. The van der Waals surface area contributed by atoms with E-state index in [1.807, 2.05) is 50.4 Å². The van der Waals surface area contributed by atoms with E-state index in [-0.39, 0.29) is 5.91 Å². The molecule has 0 saturated carbocycles. The third-order valence-electron chi connectivity index (χ3n) is 5.08. The van der Waals surface area contributed by atoms with Crippen LogP contribution in [0.4, 0.5) is 0 Å². The van der Waals surface area contributed by atoms with E-state index in [4.69, 9.17) is 4.74 Å². The molecule has 0 aliphatic rings. The molecule has 148 valence electrons. The normalized spacial score (nSPS) is 11.0. The SMILES string of the molecule is COc1ccc(CCNC(=O)CCc2c(C)nc3cc(C)nn3c2C)cc1C. The van der Waals surface area contributed by atoms with Gasteiger partial charge in [0, 0.05) is 30.4 Å². The monoisotopic (exact) mass is 380 g/mol. The maximum absolute atomic E-state index is 12.3. The minimum Gasteiger partial charge on any atom is -0.496 e. The molecule has 0 radical (unpaired) electrons. The molecule has 0 aliphatic carbocycles. The van der Waals surface area contributed by atoms with E-state index >= 15 is 0 Å². The van der Waals surface area contributed by atoms with Crippen molar-refractivity contribution in [2.75, 3.05) is 13.7 Å². The Bertz CT molecular complexity index is 1010. The van der Waals surface area contributed by atoms with Crippen LogP contribution in [0.3, 0.4) is 0 Å². The number of ether oxygens (including phenoxy) is 1. The zero-order valence-electron chi connectivity index (χ0n) is 17.3. The van der Waals surface area contributed by atoms with Crippen molar-refractivity contribution in [2.45, 2.75) is 47.0 Å². The van der Waals surface area contributed by atoms with Gasteiger partial charge in [-0.2, -0.15) is 5.10 Å². The highest BCUT2D eigenvalue weighted by molar-refractivity contribution is 5.76. The summed E-state index contributed by atoms with van der Waals surface area (Å²) in [4.78, 5) is 16.9. The Morgan fingerprint density at radius 2 is 1.93 bits per heavy atom. The van der Waals surface area contributed by atoms with Crippen molar-refractivity contribution < 1.29 is 9.53 Å². The molecular formula is C22H28N4O2. The lowest BCUT2D eigenvalue weighted by Crippen LogP contribution is -2.26. The van der Waals surface area contributed by atoms with Gasteiger partial charge in [0.25, 0.3) is 0 Å². The van der Waals surface area contributed by atoms with Gasteiger partial charge < -0.3 is 10.1 Å². The molecule has 3 aromatic rings. The Hall–Kier alpha value is -2.89. The van der Waals surface area contributed by atoms with E-state index < -0.39 is 0 Å². The fourth-order valence-electron chi connectivity index (χ4n) is 3.57. The second-order valence-electron chi connectivity index (χ2n) is 7.22. The van der Waals surface area contributed by atoms with Gasteiger partial charge in [-0.3, -0.25) is 4.79 Å². The van der Waals surface area contributed by atoms with Crippen molar-refractivity contribution >= 4 is 11.6 Å². The van der Waals surface area contributed by atoms with Crippen LogP contribution in [0.25, 0.3) is 5.65 Å². The standard InChI is InChI=1S/C22H28N4O2/c1-14-12-18(6-8-20(14)28-5)10-11-23-22(27)9-7-19-16(3)24-21-13-15(2)25-26(21)17(19)4/h6,8,12-13H,7,9-11H2,1-5H3,(H,23,27). The van der Waals surface area contributed by atoms with E-state index in [9.17, 15) is 4.79 Å². The number of nitrogens with zero attached hydrogens (tertiary/aromatic N) is 3. The molecule has 0 bridgehead atoms. The van der Waals surface area contributed by atoms with Gasteiger partial charge in [-0.1, -0.05) is 12.1 Å².